The van der Waals surface area contributed by atoms with Crippen molar-refractivity contribution in [2.24, 2.45) is 0 Å². The average molecular weight is 352 g/mol. The van der Waals surface area contributed by atoms with Crippen LogP contribution in [0.15, 0.2) is 42.5 Å². The Labute approximate surface area is 155 Å². The first-order chi connectivity index (χ1) is 12.6. The summed E-state index contributed by atoms with van der Waals surface area (Å²) in [4.78, 5) is 27.1. The molecule has 0 atom stereocenters. The van der Waals surface area contributed by atoms with Gasteiger partial charge in [-0.2, -0.15) is 0 Å². The second-order valence-corrected chi connectivity index (χ2v) is 7.40. The molecule has 0 bridgehead atoms. The summed E-state index contributed by atoms with van der Waals surface area (Å²) in [5, 5.41) is 5.05. The largest absolute Gasteiger partial charge is 0.352 e. The first kappa shape index (κ1) is 18.4. The maximum absolute atomic E-state index is 12.6. The lowest BCUT2D eigenvalue weighted by Crippen LogP contribution is -2.44. The zero-order valence-electron chi connectivity index (χ0n) is 15.7. The van der Waals surface area contributed by atoms with E-state index in [0.717, 1.165) is 23.6 Å². The third kappa shape index (κ3) is 4.24. The first-order valence-corrected chi connectivity index (χ1v) is 9.64. The molecule has 138 valence electrons. The minimum absolute atomic E-state index is 0.125. The van der Waals surface area contributed by atoms with Crippen molar-refractivity contribution in [3.8, 4) is 0 Å². The van der Waals surface area contributed by atoms with E-state index in [1.54, 1.807) is 0 Å². The Morgan fingerprint density at radius 3 is 2.46 bits per heavy atom. The van der Waals surface area contributed by atoms with Crippen LogP contribution in [0.2, 0.25) is 0 Å². The van der Waals surface area contributed by atoms with Crippen LogP contribution in [0, 0.1) is 0 Å². The second kappa shape index (κ2) is 8.35. The van der Waals surface area contributed by atoms with Crippen LogP contribution >= 0.6 is 0 Å². The predicted molar refractivity (Wildman–Crippen MR) is 105 cm³/mol. The molecule has 0 spiro atoms. The molecule has 1 aliphatic carbocycles. The van der Waals surface area contributed by atoms with Crippen LogP contribution in [0.25, 0.3) is 10.8 Å². The molecule has 1 aliphatic rings. The van der Waals surface area contributed by atoms with Crippen LogP contribution in [0.3, 0.4) is 0 Å². The van der Waals surface area contributed by atoms with Gasteiger partial charge in [0.15, 0.2) is 0 Å². The maximum atomic E-state index is 12.6. The second-order valence-electron chi connectivity index (χ2n) is 7.40. The average Bonchev–Trinajstić information content (AvgIpc) is 3.15. The van der Waals surface area contributed by atoms with Crippen molar-refractivity contribution in [1.29, 1.82) is 0 Å². The fourth-order valence-corrected chi connectivity index (χ4v) is 3.94. The van der Waals surface area contributed by atoms with Crippen LogP contribution in [-0.4, -0.2) is 35.3 Å². The molecular formula is C22H28N2O2. The molecule has 3 rings (SSSR count). The highest BCUT2D eigenvalue weighted by Crippen LogP contribution is 2.25. The van der Waals surface area contributed by atoms with Crippen molar-refractivity contribution in [2.45, 2.75) is 58.0 Å². The van der Waals surface area contributed by atoms with Gasteiger partial charge in [0.1, 0.15) is 0 Å². The highest BCUT2D eigenvalue weighted by molar-refractivity contribution is 5.98. The zero-order valence-corrected chi connectivity index (χ0v) is 15.7. The molecule has 0 aliphatic heterocycles. The number of hydrogen-bond donors (Lipinski definition) is 1. The van der Waals surface area contributed by atoms with Gasteiger partial charge in [0, 0.05) is 30.6 Å². The summed E-state index contributed by atoms with van der Waals surface area (Å²) >= 11 is 0. The Morgan fingerprint density at radius 1 is 1.08 bits per heavy atom. The van der Waals surface area contributed by atoms with Crippen LogP contribution in [-0.2, 0) is 4.79 Å². The van der Waals surface area contributed by atoms with Crippen molar-refractivity contribution in [3.63, 3.8) is 0 Å². The van der Waals surface area contributed by atoms with E-state index in [2.05, 4.69) is 19.2 Å². The van der Waals surface area contributed by atoms with Crippen molar-refractivity contribution >= 4 is 22.6 Å². The summed E-state index contributed by atoms with van der Waals surface area (Å²) in [5.41, 5.74) is 0.632. The first-order valence-electron chi connectivity index (χ1n) is 9.64. The molecule has 1 saturated carbocycles. The molecule has 0 heterocycles. The van der Waals surface area contributed by atoms with Gasteiger partial charge in [-0.1, -0.05) is 43.2 Å². The van der Waals surface area contributed by atoms with Crippen molar-refractivity contribution in [2.75, 3.05) is 6.54 Å². The third-order valence-electron chi connectivity index (χ3n) is 5.20. The summed E-state index contributed by atoms with van der Waals surface area (Å²) in [6, 6.07) is 14.2. The van der Waals surface area contributed by atoms with E-state index in [-0.39, 0.29) is 17.9 Å². The highest BCUT2D eigenvalue weighted by Gasteiger charge is 2.28. The van der Waals surface area contributed by atoms with Gasteiger partial charge >= 0.3 is 0 Å². The molecule has 4 heteroatoms. The SMILES string of the molecule is CC(C)N(C(=O)CCNC(=O)c1ccc2ccccc2c1)C1CCCC1. The lowest BCUT2D eigenvalue weighted by Gasteiger charge is -2.33. The van der Waals surface area contributed by atoms with Gasteiger partial charge in [-0.15, -0.1) is 0 Å². The number of rotatable bonds is 6. The van der Waals surface area contributed by atoms with E-state index in [1.807, 2.05) is 47.4 Å². The smallest absolute Gasteiger partial charge is 0.251 e. The van der Waals surface area contributed by atoms with Crippen LogP contribution in [0.4, 0.5) is 0 Å². The number of carbonyl (C=O) groups is 2. The Hall–Kier alpha value is -2.36. The highest BCUT2D eigenvalue weighted by atomic mass is 16.2. The lowest BCUT2D eigenvalue weighted by atomic mass is 10.1. The van der Waals surface area contributed by atoms with Gasteiger partial charge in [0.2, 0.25) is 5.91 Å². The van der Waals surface area contributed by atoms with Gasteiger partial charge < -0.3 is 10.2 Å². The summed E-state index contributed by atoms with van der Waals surface area (Å²) in [6.07, 6.45) is 4.98. The van der Waals surface area contributed by atoms with E-state index < -0.39 is 0 Å². The lowest BCUT2D eigenvalue weighted by molar-refractivity contribution is -0.135. The Morgan fingerprint density at radius 2 is 1.77 bits per heavy atom. The third-order valence-corrected chi connectivity index (χ3v) is 5.20. The Bertz CT molecular complexity index is 779. The quantitative estimate of drug-likeness (QED) is 0.849. The standard InChI is InChI=1S/C22H28N2O2/c1-16(2)24(20-9-5-6-10-20)21(25)13-14-23-22(26)19-12-11-17-7-3-4-8-18(17)15-19/h3-4,7-8,11-12,15-16,20H,5-6,9-10,13-14H2,1-2H3,(H,23,26). The van der Waals surface area contributed by atoms with Gasteiger partial charge in [0.05, 0.1) is 0 Å². The van der Waals surface area contributed by atoms with E-state index in [0.29, 0.717) is 24.6 Å². The molecule has 2 aromatic rings. The summed E-state index contributed by atoms with van der Waals surface area (Å²) in [7, 11) is 0. The summed E-state index contributed by atoms with van der Waals surface area (Å²) in [5.74, 6) is 0.0197. The Balaban J connectivity index is 1.55. The fraction of sp³-hybridized carbons (Fsp3) is 0.455. The van der Waals surface area contributed by atoms with E-state index in [1.165, 1.54) is 12.8 Å². The van der Waals surface area contributed by atoms with Crippen molar-refractivity contribution in [3.05, 3.63) is 48.0 Å². The topological polar surface area (TPSA) is 49.4 Å². The number of hydrogen-bond acceptors (Lipinski definition) is 2. The molecule has 0 aromatic heterocycles. The van der Waals surface area contributed by atoms with Crippen LogP contribution in [0.1, 0.15) is 56.3 Å². The van der Waals surface area contributed by atoms with Crippen LogP contribution < -0.4 is 5.32 Å². The molecule has 1 N–H and O–H groups in total. The van der Waals surface area contributed by atoms with Crippen molar-refractivity contribution < 1.29 is 9.59 Å². The Kier molecular flexibility index (Phi) is 5.92. The minimum atomic E-state index is -0.125. The number of nitrogens with one attached hydrogen (secondary N) is 1. The zero-order chi connectivity index (χ0) is 18.5. The van der Waals surface area contributed by atoms with Crippen LogP contribution in [0.5, 0.6) is 0 Å². The summed E-state index contributed by atoms with van der Waals surface area (Å²) in [6.45, 7) is 4.52. The van der Waals surface area contributed by atoms with E-state index in [9.17, 15) is 9.59 Å². The molecular weight excluding hydrogens is 324 g/mol. The van der Waals surface area contributed by atoms with Gasteiger partial charge in [-0.3, -0.25) is 9.59 Å². The number of fused-ring (bicyclic) bond motifs is 1. The number of nitrogens with zero attached hydrogens (tertiary/aromatic N) is 1. The monoisotopic (exact) mass is 352 g/mol. The molecule has 0 radical (unpaired) electrons. The molecule has 4 nitrogen and oxygen atoms in total. The molecule has 26 heavy (non-hydrogen) atoms. The minimum Gasteiger partial charge on any atom is -0.352 e. The molecule has 2 amide bonds. The summed E-state index contributed by atoms with van der Waals surface area (Å²) < 4.78 is 0. The number of benzene rings is 2. The van der Waals surface area contributed by atoms with Gasteiger partial charge in [0.25, 0.3) is 5.91 Å². The van der Waals surface area contributed by atoms with E-state index >= 15 is 0 Å². The molecule has 0 unspecified atom stereocenters. The normalized spacial score (nSPS) is 14.7. The van der Waals surface area contributed by atoms with Gasteiger partial charge in [-0.05, 0) is 49.6 Å². The predicted octanol–water partition coefficient (Wildman–Crippen LogP) is 4.14. The van der Waals surface area contributed by atoms with Gasteiger partial charge in [-0.25, -0.2) is 0 Å². The molecule has 1 fully saturated rings. The molecule has 0 saturated heterocycles. The number of carbonyl (C=O) groups excluding carboxylic acids is 2. The van der Waals surface area contributed by atoms with E-state index in [4.69, 9.17) is 0 Å². The maximum Gasteiger partial charge on any atom is 0.251 e. The number of amides is 2. The fourth-order valence-electron chi connectivity index (χ4n) is 3.94. The molecule has 2 aromatic carbocycles. The van der Waals surface area contributed by atoms with Crippen molar-refractivity contribution in [1.82, 2.24) is 10.2 Å².